The number of carbonyl (C=O) groups is 2. The number of ether oxygens (including phenoxy) is 1. The van der Waals surface area contributed by atoms with Crippen molar-refractivity contribution in [3.8, 4) is 5.75 Å². The Balaban J connectivity index is 1.85. The predicted octanol–water partition coefficient (Wildman–Crippen LogP) is 3.60. The first-order valence-corrected chi connectivity index (χ1v) is 9.34. The van der Waals surface area contributed by atoms with Gasteiger partial charge in [0.1, 0.15) is 5.75 Å². The topological polar surface area (TPSA) is 80.3 Å². The summed E-state index contributed by atoms with van der Waals surface area (Å²) >= 11 is 1.37. The molecule has 0 spiro atoms. The zero-order chi connectivity index (χ0) is 19.3. The normalized spacial score (nSPS) is 11.3. The zero-order valence-electron chi connectivity index (χ0n) is 15.8. The predicted molar refractivity (Wildman–Crippen MR) is 104 cm³/mol. The second kappa shape index (κ2) is 8.31. The first-order chi connectivity index (χ1) is 12.1. The second-order valence-electron chi connectivity index (χ2n) is 7.21. The number of anilines is 1. The van der Waals surface area contributed by atoms with Gasteiger partial charge in [0.25, 0.3) is 5.91 Å². The molecule has 2 amide bonds. The molecule has 7 heteroatoms. The summed E-state index contributed by atoms with van der Waals surface area (Å²) in [5.74, 6) is 0.0754. The van der Waals surface area contributed by atoms with Crippen molar-refractivity contribution in [3.05, 3.63) is 40.9 Å². The third-order valence-electron chi connectivity index (χ3n) is 3.42. The SMILES string of the molecule is CC(C)Oc1ccc(C(=O)NCC(=O)Nc2nc(C(C)(C)C)cs2)cc1. The number of aromatic nitrogens is 1. The molecule has 1 aromatic heterocycles. The lowest BCUT2D eigenvalue weighted by atomic mass is 9.93. The Morgan fingerprint density at radius 3 is 2.38 bits per heavy atom. The molecule has 2 aromatic rings. The van der Waals surface area contributed by atoms with Gasteiger partial charge in [-0.15, -0.1) is 11.3 Å². The fourth-order valence-corrected chi connectivity index (χ4v) is 3.01. The van der Waals surface area contributed by atoms with Crippen LogP contribution in [0.5, 0.6) is 5.75 Å². The number of thiazole rings is 1. The van der Waals surface area contributed by atoms with Gasteiger partial charge in [0.05, 0.1) is 18.3 Å². The van der Waals surface area contributed by atoms with E-state index in [1.165, 1.54) is 11.3 Å². The van der Waals surface area contributed by atoms with Crippen LogP contribution in [0.25, 0.3) is 0 Å². The highest BCUT2D eigenvalue weighted by atomic mass is 32.1. The van der Waals surface area contributed by atoms with E-state index in [9.17, 15) is 9.59 Å². The number of benzene rings is 1. The van der Waals surface area contributed by atoms with Crippen molar-refractivity contribution in [1.82, 2.24) is 10.3 Å². The average Bonchev–Trinajstić information content (AvgIpc) is 3.01. The Morgan fingerprint density at radius 2 is 1.85 bits per heavy atom. The van der Waals surface area contributed by atoms with Crippen LogP contribution in [0.4, 0.5) is 5.13 Å². The highest BCUT2D eigenvalue weighted by Crippen LogP contribution is 2.26. The van der Waals surface area contributed by atoms with Crippen LogP contribution in [0, 0.1) is 0 Å². The highest BCUT2D eigenvalue weighted by molar-refractivity contribution is 7.13. The number of amides is 2. The third-order valence-corrected chi connectivity index (χ3v) is 4.17. The molecule has 0 unspecified atom stereocenters. The van der Waals surface area contributed by atoms with E-state index >= 15 is 0 Å². The van der Waals surface area contributed by atoms with Crippen molar-refractivity contribution in [2.45, 2.75) is 46.1 Å². The Bertz CT molecular complexity index is 761. The van der Waals surface area contributed by atoms with E-state index < -0.39 is 0 Å². The van der Waals surface area contributed by atoms with E-state index in [-0.39, 0.29) is 29.9 Å². The van der Waals surface area contributed by atoms with Gasteiger partial charge < -0.3 is 15.4 Å². The number of rotatable bonds is 6. The van der Waals surface area contributed by atoms with Gasteiger partial charge in [-0.2, -0.15) is 0 Å². The van der Waals surface area contributed by atoms with Gasteiger partial charge in [-0.25, -0.2) is 4.98 Å². The summed E-state index contributed by atoms with van der Waals surface area (Å²) in [6, 6.07) is 6.81. The summed E-state index contributed by atoms with van der Waals surface area (Å²) < 4.78 is 5.54. The molecule has 0 saturated heterocycles. The molecule has 2 rings (SSSR count). The van der Waals surface area contributed by atoms with Crippen LogP contribution in [-0.4, -0.2) is 29.4 Å². The van der Waals surface area contributed by atoms with E-state index in [2.05, 4.69) is 36.4 Å². The summed E-state index contributed by atoms with van der Waals surface area (Å²) in [4.78, 5) is 28.5. The van der Waals surface area contributed by atoms with E-state index in [1.807, 2.05) is 19.2 Å². The molecule has 6 nitrogen and oxygen atoms in total. The Morgan fingerprint density at radius 1 is 1.19 bits per heavy atom. The van der Waals surface area contributed by atoms with Crippen molar-refractivity contribution < 1.29 is 14.3 Å². The number of nitrogens with zero attached hydrogens (tertiary/aromatic N) is 1. The minimum Gasteiger partial charge on any atom is -0.491 e. The summed E-state index contributed by atoms with van der Waals surface area (Å²) in [5.41, 5.74) is 1.32. The van der Waals surface area contributed by atoms with Crippen LogP contribution in [0.1, 0.15) is 50.7 Å². The molecule has 0 fully saturated rings. The van der Waals surface area contributed by atoms with Crippen LogP contribution in [0.3, 0.4) is 0 Å². The van der Waals surface area contributed by atoms with Gasteiger partial charge in [0, 0.05) is 16.4 Å². The second-order valence-corrected chi connectivity index (χ2v) is 8.07. The van der Waals surface area contributed by atoms with Gasteiger partial charge in [0.15, 0.2) is 5.13 Å². The molecule has 0 aliphatic carbocycles. The van der Waals surface area contributed by atoms with Gasteiger partial charge in [-0.3, -0.25) is 9.59 Å². The summed E-state index contributed by atoms with van der Waals surface area (Å²) in [6.45, 7) is 9.94. The Kier molecular flexibility index (Phi) is 6.37. The first-order valence-electron chi connectivity index (χ1n) is 8.46. The smallest absolute Gasteiger partial charge is 0.251 e. The molecule has 0 aliphatic rings. The van der Waals surface area contributed by atoms with E-state index in [0.717, 1.165) is 5.69 Å². The van der Waals surface area contributed by atoms with Gasteiger partial charge >= 0.3 is 0 Å². The lowest BCUT2D eigenvalue weighted by Gasteiger charge is -2.14. The summed E-state index contributed by atoms with van der Waals surface area (Å²) in [5, 5.41) is 7.76. The largest absolute Gasteiger partial charge is 0.491 e. The van der Waals surface area contributed by atoms with Crippen molar-refractivity contribution in [2.24, 2.45) is 0 Å². The number of hydrogen-bond donors (Lipinski definition) is 2. The molecule has 0 saturated carbocycles. The van der Waals surface area contributed by atoms with Crippen molar-refractivity contribution in [3.63, 3.8) is 0 Å². The van der Waals surface area contributed by atoms with E-state index in [0.29, 0.717) is 16.4 Å². The van der Waals surface area contributed by atoms with Crippen molar-refractivity contribution >= 4 is 28.3 Å². The number of hydrogen-bond acceptors (Lipinski definition) is 5. The minimum atomic E-state index is -0.314. The molecule has 0 aliphatic heterocycles. The van der Waals surface area contributed by atoms with Gasteiger partial charge in [-0.05, 0) is 38.1 Å². The maximum atomic E-state index is 12.1. The number of carbonyl (C=O) groups excluding carboxylic acids is 2. The first kappa shape index (κ1) is 19.9. The molecule has 0 bridgehead atoms. The molecular weight excluding hydrogens is 350 g/mol. The van der Waals surface area contributed by atoms with Crippen molar-refractivity contribution in [1.29, 1.82) is 0 Å². The molecule has 26 heavy (non-hydrogen) atoms. The summed E-state index contributed by atoms with van der Waals surface area (Å²) in [7, 11) is 0. The highest BCUT2D eigenvalue weighted by Gasteiger charge is 2.18. The Hall–Kier alpha value is -2.41. The van der Waals surface area contributed by atoms with Crippen LogP contribution >= 0.6 is 11.3 Å². The average molecular weight is 375 g/mol. The maximum absolute atomic E-state index is 12.1. The van der Waals surface area contributed by atoms with Crippen LogP contribution < -0.4 is 15.4 Å². The summed E-state index contributed by atoms with van der Waals surface area (Å²) in [6.07, 6.45) is 0.0723. The molecule has 1 heterocycles. The minimum absolute atomic E-state index is 0.0703. The maximum Gasteiger partial charge on any atom is 0.251 e. The van der Waals surface area contributed by atoms with Crippen LogP contribution in [0.2, 0.25) is 0 Å². The van der Waals surface area contributed by atoms with Crippen LogP contribution in [-0.2, 0) is 10.2 Å². The lowest BCUT2D eigenvalue weighted by Crippen LogP contribution is -2.32. The molecule has 0 radical (unpaired) electrons. The van der Waals surface area contributed by atoms with Crippen LogP contribution in [0.15, 0.2) is 29.6 Å². The fraction of sp³-hybridized carbons (Fsp3) is 0.421. The Labute approximate surface area is 158 Å². The molecule has 2 N–H and O–H groups in total. The lowest BCUT2D eigenvalue weighted by molar-refractivity contribution is -0.115. The standard InChI is InChI=1S/C19H25N3O3S/c1-12(2)25-14-8-6-13(7-9-14)17(24)20-10-16(23)22-18-21-15(11-26-18)19(3,4)5/h6-9,11-12H,10H2,1-5H3,(H,20,24)(H,21,22,23). The van der Waals surface area contributed by atoms with Gasteiger partial charge in [0.2, 0.25) is 5.91 Å². The molecule has 1 aromatic carbocycles. The fourth-order valence-electron chi connectivity index (χ4n) is 2.06. The molecular formula is C19H25N3O3S. The molecule has 140 valence electrons. The quantitative estimate of drug-likeness (QED) is 0.808. The molecule has 0 atom stereocenters. The van der Waals surface area contributed by atoms with E-state index in [4.69, 9.17) is 4.74 Å². The number of nitrogens with one attached hydrogen (secondary N) is 2. The van der Waals surface area contributed by atoms with E-state index in [1.54, 1.807) is 24.3 Å². The van der Waals surface area contributed by atoms with Gasteiger partial charge in [-0.1, -0.05) is 20.8 Å². The van der Waals surface area contributed by atoms with Crippen molar-refractivity contribution in [2.75, 3.05) is 11.9 Å². The zero-order valence-corrected chi connectivity index (χ0v) is 16.6. The monoisotopic (exact) mass is 375 g/mol. The third kappa shape index (κ3) is 5.84.